The first-order chi connectivity index (χ1) is 11.9. The van der Waals surface area contributed by atoms with E-state index in [-0.39, 0.29) is 11.9 Å². The van der Waals surface area contributed by atoms with Crippen molar-refractivity contribution < 1.29 is 13.9 Å². The number of benzene rings is 2. The highest BCUT2D eigenvalue weighted by Gasteiger charge is 2.14. The Morgan fingerprint density at radius 3 is 2.64 bits per heavy atom. The first-order valence-electron chi connectivity index (χ1n) is 7.70. The van der Waals surface area contributed by atoms with E-state index in [1.54, 1.807) is 48.1 Å². The number of aromatic nitrogens is 1. The highest BCUT2D eigenvalue weighted by Crippen LogP contribution is 2.26. The van der Waals surface area contributed by atoms with Crippen LogP contribution in [0.5, 0.6) is 5.75 Å². The Morgan fingerprint density at radius 1 is 1.24 bits per heavy atom. The fourth-order valence-electron chi connectivity index (χ4n) is 2.61. The monoisotopic (exact) mass is 404 g/mol. The third kappa shape index (κ3) is 3.32. The molecule has 0 spiro atoms. The lowest BCUT2D eigenvalue weighted by Crippen LogP contribution is -2.15. The average Bonchev–Trinajstić information content (AvgIpc) is 2.89. The zero-order valence-corrected chi connectivity index (χ0v) is 15.6. The summed E-state index contributed by atoms with van der Waals surface area (Å²) in [6, 6.07) is 10.2. The molecule has 0 saturated carbocycles. The molecule has 0 aliphatic heterocycles. The Balaban J connectivity index is 1.89. The fourth-order valence-corrected chi connectivity index (χ4v) is 3.15. The molecular formula is C18H17BrN2O4. The quantitative estimate of drug-likeness (QED) is 0.706. The number of nitrogens with one attached hydrogen (secondary N) is 1. The molecule has 0 unspecified atom stereocenters. The minimum absolute atomic E-state index is 0.00848. The Hall–Kier alpha value is -2.54. The summed E-state index contributed by atoms with van der Waals surface area (Å²) < 4.78 is 12.7. The minimum atomic E-state index is -0.410. The largest absolute Gasteiger partial charge is 0.496 e. The van der Waals surface area contributed by atoms with Gasteiger partial charge in [0.1, 0.15) is 5.75 Å². The van der Waals surface area contributed by atoms with Crippen LogP contribution in [0.3, 0.4) is 0 Å². The van der Waals surface area contributed by atoms with Gasteiger partial charge in [-0.3, -0.25) is 9.36 Å². The summed E-state index contributed by atoms with van der Waals surface area (Å²) in [5.41, 5.74) is 2.17. The van der Waals surface area contributed by atoms with E-state index >= 15 is 0 Å². The van der Waals surface area contributed by atoms with Crippen LogP contribution >= 0.6 is 15.9 Å². The van der Waals surface area contributed by atoms with E-state index in [1.807, 2.05) is 13.8 Å². The number of amides is 1. The lowest BCUT2D eigenvalue weighted by atomic mass is 10.2. The van der Waals surface area contributed by atoms with Crippen molar-refractivity contribution in [2.24, 2.45) is 0 Å². The summed E-state index contributed by atoms with van der Waals surface area (Å²) in [5, 5.41) is 2.80. The molecule has 7 heteroatoms. The number of carbonyl (C=O) groups excluding carboxylic acids is 1. The highest BCUT2D eigenvalue weighted by atomic mass is 79.9. The molecule has 0 aliphatic rings. The van der Waals surface area contributed by atoms with Gasteiger partial charge in [0.2, 0.25) is 0 Å². The van der Waals surface area contributed by atoms with Crippen molar-refractivity contribution in [3.63, 3.8) is 0 Å². The topological polar surface area (TPSA) is 73.5 Å². The Morgan fingerprint density at radius 2 is 2.00 bits per heavy atom. The van der Waals surface area contributed by atoms with Gasteiger partial charge in [0.15, 0.2) is 5.58 Å². The van der Waals surface area contributed by atoms with Crippen molar-refractivity contribution in [2.75, 3.05) is 12.4 Å². The Kier molecular flexibility index (Phi) is 4.67. The van der Waals surface area contributed by atoms with Crippen molar-refractivity contribution >= 4 is 38.6 Å². The number of nitrogens with zero attached hydrogens (tertiary/aromatic N) is 1. The molecule has 0 saturated heterocycles. The second-order valence-electron chi connectivity index (χ2n) is 5.82. The van der Waals surface area contributed by atoms with E-state index in [9.17, 15) is 9.59 Å². The number of methoxy groups -OCH3 is 1. The standard InChI is InChI=1S/C18H17BrN2O4/c1-10(2)21-14-6-5-12(9-16(14)25-18(21)23)20-17(22)11-4-7-15(24-3)13(19)8-11/h4-10H,1-3H3,(H,20,22). The number of halogens is 1. The summed E-state index contributed by atoms with van der Waals surface area (Å²) in [6.45, 7) is 3.82. The number of oxazole rings is 1. The van der Waals surface area contributed by atoms with Crippen molar-refractivity contribution in [2.45, 2.75) is 19.9 Å². The summed E-state index contributed by atoms with van der Waals surface area (Å²) in [6.07, 6.45) is 0. The number of anilines is 1. The maximum absolute atomic E-state index is 12.4. The lowest BCUT2D eigenvalue weighted by molar-refractivity contribution is 0.102. The van der Waals surface area contributed by atoms with Gasteiger partial charge in [0.25, 0.3) is 5.91 Å². The van der Waals surface area contributed by atoms with Gasteiger partial charge in [-0.25, -0.2) is 4.79 Å². The van der Waals surface area contributed by atoms with E-state index in [4.69, 9.17) is 9.15 Å². The maximum atomic E-state index is 12.4. The number of fused-ring (bicyclic) bond motifs is 1. The number of carbonyl (C=O) groups is 1. The summed E-state index contributed by atoms with van der Waals surface area (Å²) in [7, 11) is 1.56. The third-order valence-electron chi connectivity index (χ3n) is 3.80. The second kappa shape index (κ2) is 6.76. The molecule has 1 heterocycles. The van der Waals surface area contributed by atoms with Gasteiger partial charge in [0.05, 0.1) is 17.1 Å². The van der Waals surface area contributed by atoms with Crippen molar-refractivity contribution in [1.82, 2.24) is 4.57 Å². The maximum Gasteiger partial charge on any atom is 0.420 e. The molecule has 1 N–H and O–H groups in total. The van der Waals surface area contributed by atoms with Crippen LogP contribution in [0.25, 0.3) is 11.1 Å². The van der Waals surface area contributed by atoms with E-state index < -0.39 is 5.76 Å². The first-order valence-corrected chi connectivity index (χ1v) is 8.50. The molecule has 130 valence electrons. The molecular weight excluding hydrogens is 388 g/mol. The van der Waals surface area contributed by atoms with E-state index in [1.165, 1.54) is 0 Å². The summed E-state index contributed by atoms with van der Waals surface area (Å²) >= 11 is 3.36. The van der Waals surface area contributed by atoms with Crippen LogP contribution in [0.2, 0.25) is 0 Å². The molecule has 0 fully saturated rings. The molecule has 1 amide bonds. The molecule has 6 nitrogen and oxygen atoms in total. The number of hydrogen-bond acceptors (Lipinski definition) is 4. The Labute approximate surface area is 152 Å². The zero-order chi connectivity index (χ0) is 18.1. The highest BCUT2D eigenvalue weighted by molar-refractivity contribution is 9.10. The molecule has 0 radical (unpaired) electrons. The number of hydrogen-bond donors (Lipinski definition) is 1. The number of rotatable bonds is 4. The van der Waals surface area contributed by atoms with E-state index in [0.29, 0.717) is 32.6 Å². The van der Waals surface area contributed by atoms with Crippen LogP contribution in [0, 0.1) is 0 Å². The first kappa shape index (κ1) is 17.3. The molecule has 0 aliphatic carbocycles. The lowest BCUT2D eigenvalue weighted by Gasteiger charge is -2.08. The summed E-state index contributed by atoms with van der Waals surface area (Å²) in [5.74, 6) is -0.0318. The van der Waals surface area contributed by atoms with Crippen LogP contribution in [0.1, 0.15) is 30.2 Å². The Bertz CT molecular complexity index is 1000. The molecule has 0 bridgehead atoms. The van der Waals surface area contributed by atoms with Gasteiger partial charge in [0, 0.05) is 23.4 Å². The van der Waals surface area contributed by atoms with Crippen LogP contribution < -0.4 is 15.8 Å². The second-order valence-corrected chi connectivity index (χ2v) is 6.67. The smallest absolute Gasteiger partial charge is 0.420 e. The average molecular weight is 405 g/mol. The predicted molar refractivity (Wildman–Crippen MR) is 99.5 cm³/mol. The van der Waals surface area contributed by atoms with Gasteiger partial charge in [-0.1, -0.05) is 0 Å². The normalized spacial score (nSPS) is 11.1. The van der Waals surface area contributed by atoms with Crippen molar-refractivity contribution in [3.05, 3.63) is 57.0 Å². The molecule has 2 aromatic carbocycles. The van der Waals surface area contributed by atoms with E-state index in [2.05, 4.69) is 21.2 Å². The van der Waals surface area contributed by atoms with E-state index in [0.717, 1.165) is 0 Å². The van der Waals surface area contributed by atoms with Gasteiger partial charge in [-0.2, -0.15) is 0 Å². The third-order valence-corrected chi connectivity index (χ3v) is 4.42. The van der Waals surface area contributed by atoms with Crippen LogP contribution in [0.4, 0.5) is 5.69 Å². The van der Waals surface area contributed by atoms with Crippen LogP contribution in [-0.2, 0) is 0 Å². The van der Waals surface area contributed by atoms with Gasteiger partial charge in [-0.05, 0) is 60.1 Å². The molecule has 3 aromatic rings. The van der Waals surface area contributed by atoms with Gasteiger partial charge in [-0.15, -0.1) is 0 Å². The van der Waals surface area contributed by atoms with Crippen LogP contribution in [0.15, 0.2) is 50.1 Å². The van der Waals surface area contributed by atoms with Gasteiger partial charge >= 0.3 is 5.76 Å². The summed E-state index contributed by atoms with van der Waals surface area (Å²) in [4.78, 5) is 24.3. The fraction of sp³-hybridized carbons (Fsp3) is 0.222. The molecule has 25 heavy (non-hydrogen) atoms. The minimum Gasteiger partial charge on any atom is -0.496 e. The molecule has 1 aromatic heterocycles. The SMILES string of the molecule is COc1ccc(C(=O)Nc2ccc3c(c2)oc(=O)n3C(C)C)cc1Br. The van der Waals surface area contributed by atoms with Crippen molar-refractivity contribution in [1.29, 1.82) is 0 Å². The number of ether oxygens (including phenoxy) is 1. The van der Waals surface area contributed by atoms with Gasteiger partial charge < -0.3 is 14.5 Å². The molecule has 0 atom stereocenters. The molecule has 3 rings (SSSR count). The predicted octanol–water partition coefficient (Wildman–Crippen LogP) is 4.20. The van der Waals surface area contributed by atoms with Crippen LogP contribution in [-0.4, -0.2) is 17.6 Å². The van der Waals surface area contributed by atoms with Crippen molar-refractivity contribution in [3.8, 4) is 5.75 Å². The zero-order valence-electron chi connectivity index (χ0n) is 14.0.